The molecule has 0 unspecified atom stereocenters. The highest BCUT2D eigenvalue weighted by Crippen LogP contribution is 2.57. The Kier molecular flexibility index (Phi) is 19.5. The summed E-state index contributed by atoms with van der Waals surface area (Å²) in [4.78, 5) is 38.6. The van der Waals surface area contributed by atoms with E-state index in [4.69, 9.17) is 29.9 Å². The highest BCUT2D eigenvalue weighted by Gasteiger charge is 2.33. The molecule has 3 aliphatic rings. The summed E-state index contributed by atoms with van der Waals surface area (Å²) in [5.74, 6) is 0. The van der Waals surface area contributed by atoms with E-state index in [2.05, 4.69) is 439 Å². The Bertz CT molecular complexity index is 9850. The van der Waals surface area contributed by atoms with Gasteiger partial charge in [0.2, 0.25) is 0 Å². The molecular formula is C134H83N9. The van der Waals surface area contributed by atoms with Gasteiger partial charge in [0.05, 0.1) is 101 Å². The van der Waals surface area contributed by atoms with Crippen molar-refractivity contribution in [3.63, 3.8) is 0 Å². The molecule has 0 radical (unpaired) electrons. The fourth-order valence-corrected chi connectivity index (χ4v) is 22.0. The van der Waals surface area contributed by atoms with E-state index in [1.165, 1.54) is 165 Å². The third kappa shape index (κ3) is 14.1. The van der Waals surface area contributed by atoms with Gasteiger partial charge in [-0.3, -0.25) is 0 Å². The Hall–Kier alpha value is -19.2. The molecule has 0 saturated heterocycles. The monoisotopic (exact) mass is 1820 g/mol. The van der Waals surface area contributed by atoms with E-state index in [-0.39, 0.29) is 0 Å². The van der Waals surface area contributed by atoms with Crippen molar-refractivity contribution in [3.8, 4) is 112 Å². The van der Waals surface area contributed by atoms with Gasteiger partial charge in [-0.2, -0.15) is 0 Å². The minimum absolute atomic E-state index is 0.871. The van der Waals surface area contributed by atoms with Crippen molar-refractivity contribution in [2.75, 3.05) is 14.7 Å². The number of anilines is 9. The second kappa shape index (κ2) is 33.9. The van der Waals surface area contributed by atoms with Crippen molar-refractivity contribution >= 4 is 170 Å². The van der Waals surface area contributed by atoms with Gasteiger partial charge in [-0.05, 0) is 231 Å². The number of para-hydroxylation sites is 6. The Morgan fingerprint density at radius 1 is 0.126 bits per heavy atom. The van der Waals surface area contributed by atoms with Crippen LogP contribution in [0.2, 0.25) is 0 Å². The molecule has 3 aliphatic heterocycles. The molecule has 6 heterocycles. The molecule has 24 aromatic carbocycles. The maximum atomic E-state index is 5.27. The van der Waals surface area contributed by atoms with Crippen LogP contribution < -0.4 is 14.7 Å². The standard InChI is InChI=1S/C46H29N3.2C44H27N3/c1-2-10-30(11-3-1)31-20-22-33(23-21-31)45-46(48-41-18-7-6-17-40(41)47-45)34-24-26-37(27-25-34)49-42-19-9-15-32-14-8-16-38(44(32)42)39-28-35-12-4-5-13-36(35)29-43(39)49;1-2-12-32-27-41-37(26-31(32)11-1)35-17-8-14-29-15-9-21-40(42(29)35)47(41)33-24-22-30(23-25-33)43-44(46-39-20-6-5-19-38(39)45-43)36-18-7-13-28-10-3-4-16-34(28)36;1-2-11-30-24-34(23-22-28(30)10-1)44-43(45-38-19-5-6-20-39(38)46-44)33-16-7-17-35(25-33)47-40-21-9-15-29-14-8-18-36(42(29)40)37-26-31-12-3-4-13-32(31)27-41(37)47/h1-29H;2*1-27H. The second-order valence-corrected chi connectivity index (χ2v) is 37.1. The molecule has 9 heteroatoms. The molecule has 0 fully saturated rings. The first-order valence-electron chi connectivity index (χ1n) is 48.7. The number of hydrogen-bond acceptors (Lipinski definition) is 9. The fourth-order valence-electron chi connectivity index (χ4n) is 22.0. The van der Waals surface area contributed by atoms with Gasteiger partial charge in [0.25, 0.3) is 0 Å². The lowest BCUT2D eigenvalue weighted by molar-refractivity contribution is 1.27. The topological polar surface area (TPSA) is 87.1 Å². The number of rotatable bonds is 10. The molecule has 30 rings (SSSR count). The molecule has 664 valence electrons. The van der Waals surface area contributed by atoms with Crippen LogP contribution in [0.1, 0.15) is 0 Å². The third-order valence-electron chi connectivity index (χ3n) is 28.8. The van der Waals surface area contributed by atoms with Gasteiger partial charge >= 0.3 is 0 Å². The van der Waals surface area contributed by atoms with Crippen LogP contribution in [0.25, 0.3) is 231 Å². The summed E-state index contributed by atoms with van der Waals surface area (Å²) in [5, 5.41) is 19.7. The average molecular weight is 1820 g/mol. The Morgan fingerprint density at radius 2 is 0.392 bits per heavy atom. The number of fused-ring (bicyclic) bond motifs is 14. The van der Waals surface area contributed by atoms with Crippen LogP contribution in [-0.2, 0) is 0 Å². The lowest BCUT2D eigenvalue weighted by Gasteiger charge is -2.34. The smallest absolute Gasteiger partial charge is 0.0979 e. The minimum atomic E-state index is 0.871. The lowest BCUT2D eigenvalue weighted by atomic mass is 9.89. The summed E-state index contributed by atoms with van der Waals surface area (Å²) in [6, 6.07) is 180. The predicted octanol–water partition coefficient (Wildman–Crippen LogP) is 36.1. The molecule has 0 atom stereocenters. The zero-order chi connectivity index (χ0) is 94.1. The zero-order valence-electron chi connectivity index (χ0n) is 77.4. The van der Waals surface area contributed by atoms with Gasteiger partial charge in [-0.15, -0.1) is 0 Å². The largest absolute Gasteiger partial charge is 0.309 e. The van der Waals surface area contributed by atoms with Gasteiger partial charge in [0.15, 0.2) is 0 Å². The van der Waals surface area contributed by atoms with Gasteiger partial charge in [-0.25, -0.2) is 29.9 Å². The van der Waals surface area contributed by atoms with Crippen molar-refractivity contribution in [1.82, 2.24) is 29.9 Å². The molecule has 9 nitrogen and oxygen atoms in total. The number of hydrogen-bond donors (Lipinski definition) is 0. The van der Waals surface area contributed by atoms with E-state index in [1.54, 1.807) is 0 Å². The van der Waals surface area contributed by atoms with E-state index >= 15 is 0 Å². The van der Waals surface area contributed by atoms with Crippen LogP contribution in [0.15, 0.2) is 504 Å². The quantitative estimate of drug-likeness (QED) is 0.133. The zero-order valence-corrected chi connectivity index (χ0v) is 77.4. The SMILES string of the molecule is c1cc(-c2nc3ccccc3nc2-c2ccc3ccccc3c2)cc(N2c3cc4ccccc4cc3-c3cccc4cccc2c34)c1.c1ccc(-c2ccc(-c3nc4ccccc4nc3-c3ccc(N4c5cc6ccccc6cc5-c5cccc6cccc4c56)cc3)cc2)cc1.c1ccc2cc3c(cc2c1)-c1cccc2cccc(c12)N3c1ccc(-c2nc3ccccc3nc2-c2cccc3ccccc23)cc1. The average Bonchev–Trinajstić information content (AvgIpc) is 0.725. The maximum absolute atomic E-state index is 5.27. The Labute approximate surface area is 824 Å². The molecule has 0 aliphatic carbocycles. The number of nitrogens with zero attached hydrogens (tertiary/aromatic N) is 9. The van der Waals surface area contributed by atoms with Crippen molar-refractivity contribution in [1.29, 1.82) is 0 Å². The molecular weight excluding hydrogens is 1740 g/mol. The van der Waals surface area contributed by atoms with Crippen LogP contribution in [0, 0.1) is 0 Å². The first-order chi connectivity index (χ1) is 70.9. The summed E-state index contributed by atoms with van der Waals surface area (Å²) in [5.41, 5.74) is 37.1. The van der Waals surface area contributed by atoms with Crippen molar-refractivity contribution in [2.45, 2.75) is 0 Å². The normalized spacial score (nSPS) is 12.2. The second-order valence-electron chi connectivity index (χ2n) is 37.1. The van der Waals surface area contributed by atoms with Crippen molar-refractivity contribution < 1.29 is 0 Å². The molecule has 0 spiro atoms. The van der Waals surface area contributed by atoms with Crippen LogP contribution in [-0.4, -0.2) is 29.9 Å². The van der Waals surface area contributed by atoms with E-state index < -0.39 is 0 Å². The van der Waals surface area contributed by atoms with Gasteiger partial charge in [-0.1, -0.05) is 370 Å². The van der Waals surface area contributed by atoms with Crippen LogP contribution in [0.5, 0.6) is 0 Å². The van der Waals surface area contributed by atoms with Crippen LogP contribution >= 0.6 is 0 Å². The van der Waals surface area contributed by atoms with Gasteiger partial charge < -0.3 is 14.7 Å². The Morgan fingerprint density at radius 3 is 0.811 bits per heavy atom. The number of benzene rings is 24. The molecule has 0 saturated carbocycles. The van der Waals surface area contributed by atoms with E-state index in [0.29, 0.717) is 0 Å². The highest BCUT2D eigenvalue weighted by molar-refractivity contribution is 6.20. The maximum Gasteiger partial charge on any atom is 0.0979 e. The summed E-state index contributed by atoms with van der Waals surface area (Å²) >= 11 is 0. The fraction of sp³-hybridized carbons (Fsp3) is 0. The molecule has 0 amide bonds. The van der Waals surface area contributed by atoms with Crippen molar-refractivity contribution in [3.05, 3.63) is 504 Å². The van der Waals surface area contributed by atoms with Crippen LogP contribution in [0.4, 0.5) is 51.2 Å². The predicted molar refractivity (Wildman–Crippen MR) is 598 cm³/mol. The van der Waals surface area contributed by atoms with Gasteiger partial charge in [0, 0.05) is 83.3 Å². The molecule has 143 heavy (non-hydrogen) atoms. The summed E-state index contributed by atoms with van der Waals surface area (Å²) in [6.07, 6.45) is 0. The molecule has 3 aromatic heterocycles. The number of aromatic nitrogens is 6. The van der Waals surface area contributed by atoms with Gasteiger partial charge in [0.1, 0.15) is 0 Å². The lowest BCUT2D eigenvalue weighted by Crippen LogP contribution is -2.15. The van der Waals surface area contributed by atoms with E-state index in [9.17, 15) is 0 Å². The van der Waals surface area contributed by atoms with E-state index in [0.717, 1.165) is 118 Å². The molecule has 27 aromatic rings. The minimum Gasteiger partial charge on any atom is -0.309 e. The summed E-state index contributed by atoms with van der Waals surface area (Å²) in [7, 11) is 0. The van der Waals surface area contributed by atoms with Crippen LogP contribution in [0.3, 0.4) is 0 Å². The third-order valence-corrected chi connectivity index (χ3v) is 28.8. The van der Waals surface area contributed by atoms with Crippen molar-refractivity contribution in [2.24, 2.45) is 0 Å². The first kappa shape index (κ1) is 82.1. The molecule has 0 bridgehead atoms. The highest BCUT2D eigenvalue weighted by atomic mass is 15.2. The van der Waals surface area contributed by atoms with E-state index in [1.807, 2.05) is 78.9 Å². The molecule has 0 N–H and O–H groups in total. The first-order valence-corrected chi connectivity index (χ1v) is 48.7. The summed E-state index contributed by atoms with van der Waals surface area (Å²) < 4.78 is 0. The summed E-state index contributed by atoms with van der Waals surface area (Å²) in [6.45, 7) is 0. The Balaban J connectivity index is 0.000000105.